The van der Waals surface area contributed by atoms with Gasteiger partial charge in [0.2, 0.25) is 0 Å². The first-order chi connectivity index (χ1) is 18.0. The van der Waals surface area contributed by atoms with Crippen molar-refractivity contribution in [2.45, 2.75) is 13.5 Å². The molecule has 2 amide bonds. The number of aromatic nitrogens is 3. The smallest absolute Gasteiger partial charge is 0.265 e. The summed E-state index contributed by atoms with van der Waals surface area (Å²) >= 11 is 1.07. The molecule has 1 saturated heterocycles. The molecule has 9 nitrogen and oxygen atoms in total. The van der Waals surface area contributed by atoms with Crippen LogP contribution >= 0.6 is 11.3 Å². The number of hydrogen-bond acceptors (Lipinski definition) is 7. The highest BCUT2D eigenvalue weighted by Crippen LogP contribution is 2.24. The van der Waals surface area contributed by atoms with Crippen LogP contribution in [0.15, 0.2) is 61.2 Å². The zero-order valence-corrected chi connectivity index (χ0v) is 20.9. The lowest BCUT2D eigenvalue weighted by atomic mass is 10.1. The van der Waals surface area contributed by atoms with Gasteiger partial charge in [-0.25, -0.2) is 14.1 Å². The number of thiophene rings is 1. The van der Waals surface area contributed by atoms with Crippen LogP contribution in [0, 0.1) is 12.7 Å². The highest BCUT2D eigenvalue weighted by molar-refractivity contribution is 7.16. The second kappa shape index (κ2) is 11.0. The molecular formula is C26H25FN6O3S. The fraction of sp³-hybridized carbons (Fsp3) is 0.231. The van der Waals surface area contributed by atoms with Crippen LogP contribution in [0.1, 0.15) is 30.5 Å². The van der Waals surface area contributed by atoms with Crippen LogP contribution in [0.25, 0.3) is 5.69 Å². The predicted octanol–water partition coefficient (Wildman–Crippen LogP) is 4.11. The molecule has 0 radical (unpaired) electrons. The summed E-state index contributed by atoms with van der Waals surface area (Å²) in [5, 5.41) is 9.50. The second-order valence-corrected chi connectivity index (χ2v) is 9.70. The van der Waals surface area contributed by atoms with Crippen molar-refractivity contribution in [2.75, 3.05) is 36.9 Å². The highest BCUT2D eigenvalue weighted by Gasteiger charge is 2.17. The Balaban J connectivity index is 1.20. The monoisotopic (exact) mass is 520 g/mol. The minimum atomic E-state index is -0.555. The van der Waals surface area contributed by atoms with Crippen LogP contribution in [0.4, 0.5) is 15.8 Å². The van der Waals surface area contributed by atoms with Gasteiger partial charge in [-0.05, 0) is 54.4 Å². The van der Waals surface area contributed by atoms with Gasteiger partial charge in [-0.2, -0.15) is 5.10 Å². The van der Waals surface area contributed by atoms with Gasteiger partial charge >= 0.3 is 0 Å². The van der Waals surface area contributed by atoms with Gasteiger partial charge in [0, 0.05) is 31.0 Å². The molecular weight excluding hydrogens is 495 g/mol. The maximum atomic E-state index is 14.5. The van der Waals surface area contributed by atoms with Gasteiger partial charge in [0.1, 0.15) is 18.3 Å². The standard InChI is InChI=1S/C26H25FN6O3S/c1-17-12-18(14-32-8-10-36-11-9-32)2-4-21(17)31-26(35)24-7-6-23(37-24)25(34)30-19-3-5-22(20(27)13-19)33-16-28-15-29-33/h2-7,12-13,15-16H,8-11,14H2,1H3,(H,30,34)(H,31,35). The molecule has 2 aromatic carbocycles. The molecule has 0 spiro atoms. The van der Waals surface area contributed by atoms with Crippen molar-refractivity contribution in [3.05, 3.63) is 87.9 Å². The Morgan fingerprint density at radius 1 is 1.03 bits per heavy atom. The van der Waals surface area contributed by atoms with E-state index in [1.54, 1.807) is 18.2 Å². The lowest BCUT2D eigenvalue weighted by Gasteiger charge is -2.26. The molecule has 11 heteroatoms. The van der Waals surface area contributed by atoms with Crippen molar-refractivity contribution in [3.8, 4) is 5.69 Å². The molecule has 0 atom stereocenters. The van der Waals surface area contributed by atoms with Gasteiger partial charge in [0.15, 0.2) is 5.82 Å². The molecule has 0 saturated carbocycles. The summed E-state index contributed by atoms with van der Waals surface area (Å²) in [4.78, 5) is 32.4. The van der Waals surface area contributed by atoms with Crippen molar-refractivity contribution >= 4 is 34.5 Å². The first-order valence-electron chi connectivity index (χ1n) is 11.7. The number of hydrogen-bond donors (Lipinski definition) is 2. The number of amides is 2. The van der Waals surface area contributed by atoms with Crippen molar-refractivity contribution in [1.82, 2.24) is 19.7 Å². The Morgan fingerprint density at radius 3 is 2.46 bits per heavy atom. The molecule has 3 heterocycles. The number of carbonyl (C=O) groups is 2. The number of anilines is 2. The zero-order valence-electron chi connectivity index (χ0n) is 20.1. The van der Waals surface area contributed by atoms with E-state index in [1.807, 2.05) is 19.1 Å². The van der Waals surface area contributed by atoms with Crippen molar-refractivity contribution in [3.63, 3.8) is 0 Å². The van der Waals surface area contributed by atoms with E-state index < -0.39 is 11.7 Å². The molecule has 5 rings (SSSR count). The summed E-state index contributed by atoms with van der Waals surface area (Å²) in [5.41, 5.74) is 3.37. The quantitative estimate of drug-likeness (QED) is 0.380. The van der Waals surface area contributed by atoms with E-state index in [0.717, 1.165) is 55.4 Å². The normalized spacial score (nSPS) is 13.9. The van der Waals surface area contributed by atoms with Gasteiger partial charge in [-0.15, -0.1) is 11.3 Å². The molecule has 1 aliphatic heterocycles. The van der Waals surface area contributed by atoms with Crippen LogP contribution in [0.2, 0.25) is 0 Å². The minimum absolute atomic E-state index is 0.218. The molecule has 1 aliphatic rings. The molecule has 0 aliphatic carbocycles. The fourth-order valence-corrected chi connectivity index (χ4v) is 4.84. The molecule has 2 N–H and O–H groups in total. The number of ether oxygens (including phenoxy) is 1. The fourth-order valence-electron chi connectivity index (χ4n) is 4.04. The van der Waals surface area contributed by atoms with Crippen LogP contribution in [0.5, 0.6) is 0 Å². The van der Waals surface area contributed by atoms with Crippen LogP contribution in [-0.4, -0.2) is 57.8 Å². The zero-order chi connectivity index (χ0) is 25.8. The van der Waals surface area contributed by atoms with Gasteiger partial charge < -0.3 is 15.4 Å². The minimum Gasteiger partial charge on any atom is -0.379 e. The molecule has 1 fully saturated rings. The highest BCUT2D eigenvalue weighted by atomic mass is 32.1. The summed E-state index contributed by atoms with van der Waals surface area (Å²) in [6.45, 7) is 6.13. The first kappa shape index (κ1) is 24.8. The first-order valence-corrected chi connectivity index (χ1v) is 12.5. The number of rotatable bonds is 7. The third-order valence-corrected chi connectivity index (χ3v) is 7.06. The summed E-state index contributed by atoms with van der Waals surface area (Å²) in [6.07, 6.45) is 2.69. The summed E-state index contributed by atoms with van der Waals surface area (Å²) in [5.74, 6) is -1.28. The predicted molar refractivity (Wildman–Crippen MR) is 139 cm³/mol. The second-order valence-electron chi connectivity index (χ2n) is 8.62. The molecule has 0 bridgehead atoms. The number of nitrogens with one attached hydrogen (secondary N) is 2. The lowest BCUT2D eigenvalue weighted by Crippen LogP contribution is -2.35. The molecule has 4 aromatic rings. The van der Waals surface area contributed by atoms with E-state index in [-0.39, 0.29) is 11.6 Å². The van der Waals surface area contributed by atoms with E-state index in [9.17, 15) is 14.0 Å². The van der Waals surface area contributed by atoms with Gasteiger partial charge in [-0.1, -0.05) is 12.1 Å². The molecule has 0 unspecified atom stereocenters. The SMILES string of the molecule is Cc1cc(CN2CCOCC2)ccc1NC(=O)c1ccc(C(=O)Nc2ccc(-n3cncn3)c(F)c2)s1. The van der Waals surface area contributed by atoms with E-state index in [4.69, 9.17) is 4.74 Å². The topological polar surface area (TPSA) is 101 Å². The third kappa shape index (κ3) is 5.91. The van der Waals surface area contributed by atoms with Crippen molar-refractivity contribution in [1.29, 1.82) is 0 Å². The van der Waals surface area contributed by atoms with Gasteiger partial charge in [0.25, 0.3) is 11.8 Å². The summed E-state index contributed by atoms with van der Waals surface area (Å²) < 4.78 is 21.2. The Labute approximate surface area is 216 Å². The van der Waals surface area contributed by atoms with E-state index in [1.165, 1.54) is 35.0 Å². The van der Waals surface area contributed by atoms with Crippen LogP contribution in [0.3, 0.4) is 0 Å². The Bertz CT molecular complexity index is 1420. The maximum absolute atomic E-state index is 14.5. The number of carbonyl (C=O) groups excluding carboxylic acids is 2. The average Bonchev–Trinajstić information content (AvgIpc) is 3.59. The molecule has 37 heavy (non-hydrogen) atoms. The number of halogens is 1. The lowest BCUT2D eigenvalue weighted by molar-refractivity contribution is 0.0342. The largest absolute Gasteiger partial charge is 0.379 e. The van der Waals surface area contributed by atoms with Crippen molar-refractivity contribution in [2.24, 2.45) is 0 Å². The molecule has 2 aromatic heterocycles. The number of benzene rings is 2. The van der Waals surface area contributed by atoms with E-state index >= 15 is 0 Å². The van der Waals surface area contributed by atoms with Gasteiger partial charge in [-0.3, -0.25) is 14.5 Å². The van der Waals surface area contributed by atoms with Crippen LogP contribution in [-0.2, 0) is 11.3 Å². The summed E-state index contributed by atoms with van der Waals surface area (Å²) in [6, 6.07) is 13.5. The molecule has 190 valence electrons. The summed E-state index contributed by atoms with van der Waals surface area (Å²) in [7, 11) is 0. The Morgan fingerprint density at radius 2 is 1.78 bits per heavy atom. The third-order valence-electron chi connectivity index (χ3n) is 5.97. The Kier molecular flexibility index (Phi) is 7.35. The van der Waals surface area contributed by atoms with Crippen LogP contribution < -0.4 is 10.6 Å². The maximum Gasteiger partial charge on any atom is 0.265 e. The van der Waals surface area contributed by atoms with Gasteiger partial charge in [0.05, 0.1) is 23.0 Å². The van der Waals surface area contributed by atoms with E-state index in [0.29, 0.717) is 15.4 Å². The average molecular weight is 521 g/mol. The van der Waals surface area contributed by atoms with Crippen molar-refractivity contribution < 1.29 is 18.7 Å². The number of nitrogens with zero attached hydrogens (tertiary/aromatic N) is 4. The number of morpholine rings is 1. The van der Waals surface area contributed by atoms with E-state index in [2.05, 4.69) is 31.7 Å². The number of aryl methyl sites for hydroxylation is 1. The Hall–Kier alpha value is -3.93.